The zero-order valence-corrected chi connectivity index (χ0v) is 12.6. The van der Waals surface area contributed by atoms with Gasteiger partial charge < -0.3 is 19.9 Å². The fraction of sp³-hybridized carbons (Fsp3) is 0.562. The zero-order chi connectivity index (χ0) is 14.5. The van der Waals surface area contributed by atoms with Gasteiger partial charge in [0.05, 0.1) is 17.6 Å². The average molecular weight is 288 g/mol. The van der Waals surface area contributed by atoms with Gasteiger partial charge in [-0.05, 0) is 37.4 Å². The van der Waals surface area contributed by atoms with Crippen molar-refractivity contribution in [1.29, 1.82) is 0 Å². The number of H-pyrrole nitrogens is 1. The molecule has 1 aromatic carbocycles. The smallest absolute Gasteiger partial charge is 0.203 e. The first-order valence-electron chi connectivity index (χ1n) is 7.76. The Labute approximate surface area is 125 Å². The summed E-state index contributed by atoms with van der Waals surface area (Å²) in [5, 5.41) is 3.47. The van der Waals surface area contributed by atoms with Crippen molar-refractivity contribution in [2.24, 2.45) is 5.92 Å². The van der Waals surface area contributed by atoms with Crippen molar-refractivity contribution in [2.45, 2.75) is 12.8 Å². The summed E-state index contributed by atoms with van der Waals surface area (Å²) in [5.74, 6) is 1.70. The van der Waals surface area contributed by atoms with Gasteiger partial charge in [0, 0.05) is 26.7 Å². The second kappa shape index (κ2) is 6.91. The highest BCUT2D eigenvalue weighted by Gasteiger charge is 2.21. The van der Waals surface area contributed by atoms with Gasteiger partial charge >= 0.3 is 0 Å². The minimum Gasteiger partial charge on any atom is -0.383 e. The molecule has 114 valence electrons. The number of imidazole rings is 1. The van der Waals surface area contributed by atoms with Gasteiger partial charge in [0.1, 0.15) is 0 Å². The maximum atomic E-state index is 5.07. The molecule has 0 amide bonds. The third-order valence-electron chi connectivity index (χ3n) is 4.11. The SMILES string of the molecule is COCCNCC1CCCN(c2nc3ccccc3[nH]2)C1. The minimum atomic E-state index is 0.684. The number of para-hydroxylation sites is 2. The molecule has 1 saturated heterocycles. The molecule has 21 heavy (non-hydrogen) atoms. The third kappa shape index (κ3) is 3.54. The van der Waals surface area contributed by atoms with Crippen LogP contribution in [0.5, 0.6) is 0 Å². The minimum absolute atomic E-state index is 0.684. The maximum absolute atomic E-state index is 5.07. The topological polar surface area (TPSA) is 53.2 Å². The first-order chi connectivity index (χ1) is 10.4. The third-order valence-corrected chi connectivity index (χ3v) is 4.11. The molecule has 2 aromatic rings. The lowest BCUT2D eigenvalue weighted by atomic mass is 9.98. The Morgan fingerprint density at radius 3 is 3.19 bits per heavy atom. The Morgan fingerprint density at radius 1 is 1.43 bits per heavy atom. The number of fused-ring (bicyclic) bond motifs is 1. The van der Waals surface area contributed by atoms with Crippen LogP contribution in [0, 0.1) is 5.92 Å². The van der Waals surface area contributed by atoms with E-state index in [9.17, 15) is 0 Å². The van der Waals surface area contributed by atoms with Crippen LogP contribution < -0.4 is 10.2 Å². The summed E-state index contributed by atoms with van der Waals surface area (Å²) < 4.78 is 5.07. The Bertz CT molecular complexity index is 535. The molecule has 0 radical (unpaired) electrons. The number of ether oxygens (including phenoxy) is 1. The first-order valence-corrected chi connectivity index (χ1v) is 7.76. The van der Waals surface area contributed by atoms with Crippen LogP contribution in [0.15, 0.2) is 24.3 Å². The number of nitrogens with zero attached hydrogens (tertiary/aromatic N) is 2. The van der Waals surface area contributed by atoms with Crippen LogP contribution >= 0.6 is 0 Å². The van der Waals surface area contributed by atoms with Crippen LogP contribution in [-0.4, -0.2) is 49.9 Å². The normalized spacial score (nSPS) is 19.3. The molecule has 1 fully saturated rings. The molecule has 1 aromatic heterocycles. The molecule has 2 N–H and O–H groups in total. The Kier molecular flexibility index (Phi) is 4.72. The van der Waals surface area contributed by atoms with Crippen molar-refractivity contribution in [3.8, 4) is 0 Å². The van der Waals surface area contributed by atoms with Crippen molar-refractivity contribution < 1.29 is 4.74 Å². The molecule has 1 unspecified atom stereocenters. The van der Waals surface area contributed by atoms with Gasteiger partial charge in [0.15, 0.2) is 0 Å². The number of aromatic nitrogens is 2. The predicted molar refractivity (Wildman–Crippen MR) is 85.8 cm³/mol. The Morgan fingerprint density at radius 2 is 2.33 bits per heavy atom. The molecule has 5 heteroatoms. The van der Waals surface area contributed by atoms with Crippen LogP contribution in [0.2, 0.25) is 0 Å². The summed E-state index contributed by atoms with van der Waals surface area (Å²) in [6, 6.07) is 8.22. The monoisotopic (exact) mass is 288 g/mol. The lowest BCUT2D eigenvalue weighted by Crippen LogP contribution is -2.40. The number of anilines is 1. The van der Waals surface area contributed by atoms with Gasteiger partial charge in [-0.1, -0.05) is 12.1 Å². The lowest BCUT2D eigenvalue weighted by Gasteiger charge is -2.32. The van der Waals surface area contributed by atoms with E-state index in [2.05, 4.69) is 27.3 Å². The summed E-state index contributed by atoms with van der Waals surface area (Å²) in [6.07, 6.45) is 2.52. The fourth-order valence-electron chi connectivity index (χ4n) is 2.99. The number of methoxy groups -OCH3 is 1. The Balaban J connectivity index is 1.60. The van der Waals surface area contributed by atoms with E-state index in [1.807, 2.05) is 12.1 Å². The molecular formula is C16H24N4O. The number of aromatic amines is 1. The van der Waals surface area contributed by atoms with Crippen LogP contribution in [0.3, 0.4) is 0 Å². The van der Waals surface area contributed by atoms with E-state index in [1.54, 1.807) is 7.11 Å². The quantitative estimate of drug-likeness (QED) is 0.799. The second-order valence-corrected chi connectivity index (χ2v) is 5.73. The van der Waals surface area contributed by atoms with Crippen molar-refractivity contribution in [3.05, 3.63) is 24.3 Å². The second-order valence-electron chi connectivity index (χ2n) is 5.73. The Hall–Kier alpha value is -1.59. The van der Waals surface area contributed by atoms with E-state index >= 15 is 0 Å². The molecular weight excluding hydrogens is 264 g/mol. The highest BCUT2D eigenvalue weighted by Crippen LogP contribution is 2.23. The summed E-state index contributed by atoms with van der Waals surface area (Å²) in [6.45, 7) is 4.92. The van der Waals surface area contributed by atoms with Gasteiger partial charge in [0.25, 0.3) is 0 Å². The van der Waals surface area contributed by atoms with Crippen molar-refractivity contribution in [2.75, 3.05) is 44.8 Å². The average Bonchev–Trinajstić information content (AvgIpc) is 2.96. The molecule has 0 spiro atoms. The number of hydrogen-bond donors (Lipinski definition) is 2. The van der Waals surface area contributed by atoms with E-state index < -0.39 is 0 Å². The number of nitrogens with one attached hydrogen (secondary N) is 2. The van der Waals surface area contributed by atoms with Crippen LogP contribution in [-0.2, 0) is 4.74 Å². The maximum Gasteiger partial charge on any atom is 0.203 e. The number of rotatable bonds is 6. The standard InChI is InChI=1S/C16H24N4O/c1-21-10-8-17-11-13-5-4-9-20(12-13)16-18-14-6-2-3-7-15(14)19-16/h2-3,6-7,13,17H,4-5,8-12H2,1H3,(H,18,19). The summed E-state index contributed by atoms with van der Waals surface area (Å²) in [4.78, 5) is 10.5. The number of benzene rings is 1. The molecule has 1 aliphatic rings. The van der Waals surface area contributed by atoms with Gasteiger partial charge in [0.2, 0.25) is 5.95 Å². The molecule has 1 atom stereocenters. The van der Waals surface area contributed by atoms with E-state index in [-0.39, 0.29) is 0 Å². The molecule has 0 aliphatic carbocycles. The lowest BCUT2D eigenvalue weighted by molar-refractivity contribution is 0.197. The molecule has 1 aliphatic heterocycles. The van der Waals surface area contributed by atoms with Crippen molar-refractivity contribution in [3.63, 3.8) is 0 Å². The highest BCUT2D eigenvalue weighted by molar-refractivity contribution is 5.77. The van der Waals surface area contributed by atoms with E-state index in [0.29, 0.717) is 5.92 Å². The van der Waals surface area contributed by atoms with Gasteiger partial charge in [-0.25, -0.2) is 4.98 Å². The molecule has 0 bridgehead atoms. The largest absolute Gasteiger partial charge is 0.383 e. The molecule has 0 saturated carbocycles. The number of piperidine rings is 1. The van der Waals surface area contributed by atoms with Crippen LogP contribution in [0.25, 0.3) is 11.0 Å². The van der Waals surface area contributed by atoms with Crippen molar-refractivity contribution >= 4 is 17.0 Å². The molecule has 3 rings (SSSR count). The van der Waals surface area contributed by atoms with Gasteiger partial charge in [-0.3, -0.25) is 0 Å². The molecule has 2 heterocycles. The summed E-state index contributed by atoms with van der Waals surface area (Å²) in [7, 11) is 1.74. The summed E-state index contributed by atoms with van der Waals surface area (Å²) in [5.41, 5.74) is 2.17. The number of hydrogen-bond acceptors (Lipinski definition) is 4. The fourth-order valence-corrected chi connectivity index (χ4v) is 2.99. The van der Waals surface area contributed by atoms with Crippen LogP contribution in [0.1, 0.15) is 12.8 Å². The first kappa shape index (κ1) is 14.4. The highest BCUT2D eigenvalue weighted by atomic mass is 16.5. The van der Waals surface area contributed by atoms with E-state index in [0.717, 1.165) is 49.8 Å². The van der Waals surface area contributed by atoms with E-state index in [4.69, 9.17) is 9.72 Å². The van der Waals surface area contributed by atoms with E-state index in [1.165, 1.54) is 12.8 Å². The molecule has 5 nitrogen and oxygen atoms in total. The zero-order valence-electron chi connectivity index (χ0n) is 12.6. The summed E-state index contributed by atoms with van der Waals surface area (Å²) >= 11 is 0. The van der Waals surface area contributed by atoms with Crippen molar-refractivity contribution in [1.82, 2.24) is 15.3 Å². The predicted octanol–water partition coefficient (Wildman–Crippen LogP) is 2.02. The van der Waals surface area contributed by atoms with Gasteiger partial charge in [-0.2, -0.15) is 0 Å². The van der Waals surface area contributed by atoms with Gasteiger partial charge in [-0.15, -0.1) is 0 Å². The van der Waals surface area contributed by atoms with Crippen LogP contribution in [0.4, 0.5) is 5.95 Å².